The first-order valence-corrected chi connectivity index (χ1v) is 12.7. The summed E-state index contributed by atoms with van der Waals surface area (Å²) in [6, 6.07) is 21.5. The van der Waals surface area contributed by atoms with Crippen LogP contribution in [0.2, 0.25) is 0 Å². The van der Waals surface area contributed by atoms with Crippen molar-refractivity contribution in [2.24, 2.45) is 0 Å². The number of nitrogens with one attached hydrogen (secondary N) is 2. The molecule has 7 nitrogen and oxygen atoms in total. The molecular formula is C25H29N3O4S2. The zero-order chi connectivity index (χ0) is 24.6. The maximum atomic E-state index is 13.4. The normalized spacial score (nSPS) is 10.9. The lowest BCUT2D eigenvalue weighted by Gasteiger charge is -2.23. The van der Waals surface area contributed by atoms with Crippen LogP contribution in [-0.4, -0.2) is 40.8 Å². The Hall–Kier alpha value is -3.30. The van der Waals surface area contributed by atoms with Crippen molar-refractivity contribution in [3.63, 3.8) is 0 Å². The van der Waals surface area contributed by atoms with Gasteiger partial charge >= 0.3 is 0 Å². The van der Waals surface area contributed by atoms with Crippen LogP contribution in [0.15, 0.2) is 77.7 Å². The third kappa shape index (κ3) is 6.18. The Morgan fingerprint density at radius 2 is 1.68 bits per heavy atom. The number of benzene rings is 3. The minimum Gasteiger partial charge on any atom is -0.497 e. The monoisotopic (exact) mass is 499 g/mol. The Labute approximate surface area is 206 Å². The lowest BCUT2D eigenvalue weighted by Crippen LogP contribution is -2.32. The smallest absolute Gasteiger partial charge is 0.264 e. The molecule has 0 radical (unpaired) electrons. The number of anilines is 2. The molecule has 0 fully saturated rings. The molecule has 0 amide bonds. The fourth-order valence-electron chi connectivity index (χ4n) is 3.44. The molecule has 0 bridgehead atoms. The van der Waals surface area contributed by atoms with Gasteiger partial charge in [-0.1, -0.05) is 30.3 Å². The van der Waals surface area contributed by atoms with Crippen LogP contribution in [0.4, 0.5) is 11.4 Å². The van der Waals surface area contributed by atoms with E-state index in [1.165, 1.54) is 23.5 Å². The molecule has 3 aromatic carbocycles. The Morgan fingerprint density at radius 1 is 0.971 bits per heavy atom. The average Bonchev–Trinajstić information content (AvgIpc) is 2.85. The summed E-state index contributed by atoms with van der Waals surface area (Å²) in [4.78, 5) is 0.141. The predicted molar refractivity (Wildman–Crippen MR) is 141 cm³/mol. The molecule has 34 heavy (non-hydrogen) atoms. The van der Waals surface area contributed by atoms with Crippen LogP contribution in [0.5, 0.6) is 11.5 Å². The fraction of sp³-hybridized carbons (Fsp3) is 0.240. The second kappa shape index (κ2) is 11.7. The molecule has 3 rings (SSSR count). The van der Waals surface area contributed by atoms with Crippen LogP contribution in [0.25, 0.3) is 0 Å². The van der Waals surface area contributed by atoms with Crippen LogP contribution < -0.4 is 24.4 Å². The SMILES string of the molecule is CCN(c1ccccc1)S(=O)(=O)c1ccc(OC)c(NC(=S)NCCc2ccc(OC)cc2)c1. The van der Waals surface area contributed by atoms with Crippen molar-refractivity contribution < 1.29 is 17.9 Å². The highest BCUT2D eigenvalue weighted by atomic mass is 32.2. The average molecular weight is 500 g/mol. The first-order valence-electron chi connectivity index (χ1n) is 10.8. The van der Waals surface area contributed by atoms with E-state index in [1.54, 1.807) is 32.2 Å². The third-order valence-electron chi connectivity index (χ3n) is 5.20. The first-order chi connectivity index (χ1) is 16.4. The molecule has 0 saturated heterocycles. The minimum absolute atomic E-state index is 0.141. The third-order valence-corrected chi connectivity index (χ3v) is 7.34. The van der Waals surface area contributed by atoms with Gasteiger partial charge in [-0.3, -0.25) is 4.31 Å². The summed E-state index contributed by atoms with van der Waals surface area (Å²) in [6.45, 7) is 2.71. The Balaban J connectivity index is 1.72. The number of para-hydroxylation sites is 1. The van der Waals surface area contributed by atoms with Crippen LogP contribution >= 0.6 is 12.2 Å². The van der Waals surface area contributed by atoms with Gasteiger partial charge in [-0.15, -0.1) is 0 Å². The number of hydrogen-bond acceptors (Lipinski definition) is 5. The van der Waals surface area contributed by atoms with E-state index in [0.717, 1.165) is 17.7 Å². The Bertz CT molecular complexity index is 1200. The van der Waals surface area contributed by atoms with E-state index in [0.29, 0.717) is 35.3 Å². The molecule has 0 heterocycles. The standard InChI is InChI=1S/C25H29N3O4S2/c1-4-28(20-8-6-5-7-9-20)34(29,30)22-14-15-24(32-3)23(18-22)27-25(33)26-17-16-19-10-12-21(31-2)13-11-19/h5-15,18H,4,16-17H2,1-3H3,(H2,26,27,33). The van der Waals surface area contributed by atoms with Gasteiger partial charge in [0.25, 0.3) is 10.0 Å². The van der Waals surface area contributed by atoms with Crippen molar-refractivity contribution >= 4 is 38.7 Å². The minimum atomic E-state index is -3.78. The zero-order valence-corrected chi connectivity index (χ0v) is 21.1. The molecule has 0 unspecified atom stereocenters. The van der Waals surface area contributed by atoms with Gasteiger partial charge in [-0.25, -0.2) is 8.42 Å². The molecule has 180 valence electrons. The van der Waals surface area contributed by atoms with E-state index >= 15 is 0 Å². The molecule has 0 aromatic heterocycles. The summed E-state index contributed by atoms with van der Waals surface area (Å²) >= 11 is 5.43. The molecule has 0 atom stereocenters. The van der Waals surface area contributed by atoms with Gasteiger partial charge in [0.1, 0.15) is 11.5 Å². The number of methoxy groups -OCH3 is 2. The Morgan fingerprint density at radius 3 is 2.29 bits per heavy atom. The first kappa shape index (κ1) is 25.3. The van der Waals surface area contributed by atoms with Gasteiger partial charge < -0.3 is 20.1 Å². The molecule has 0 aliphatic carbocycles. The molecule has 0 aliphatic rings. The van der Waals surface area contributed by atoms with E-state index in [-0.39, 0.29) is 4.90 Å². The van der Waals surface area contributed by atoms with Crippen molar-refractivity contribution in [1.29, 1.82) is 0 Å². The quantitative estimate of drug-likeness (QED) is 0.399. The lowest BCUT2D eigenvalue weighted by molar-refractivity contribution is 0.414. The molecule has 2 N–H and O–H groups in total. The number of thiocarbonyl (C=S) groups is 1. The summed E-state index contributed by atoms with van der Waals surface area (Å²) in [5.74, 6) is 1.30. The highest BCUT2D eigenvalue weighted by molar-refractivity contribution is 7.92. The Kier molecular flexibility index (Phi) is 8.72. The second-order valence-corrected chi connectivity index (χ2v) is 9.62. The van der Waals surface area contributed by atoms with Crippen molar-refractivity contribution in [3.8, 4) is 11.5 Å². The maximum Gasteiger partial charge on any atom is 0.264 e. The van der Waals surface area contributed by atoms with E-state index in [1.807, 2.05) is 42.5 Å². The van der Waals surface area contributed by atoms with Crippen LogP contribution in [0.3, 0.4) is 0 Å². The number of rotatable bonds is 10. The topological polar surface area (TPSA) is 79.9 Å². The highest BCUT2D eigenvalue weighted by Gasteiger charge is 2.24. The number of nitrogens with zero attached hydrogens (tertiary/aromatic N) is 1. The summed E-state index contributed by atoms with van der Waals surface area (Å²) in [5.41, 5.74) is 2.21. The van der Waals surface area contributed by atoms with Crippen molar-refractivity contribution in [3.05, 3.63) is 78.4 Å². The van der Waals surface area contributed by atoms with E-state index in [2.05, 4.69) is 10.6 Å². The van der Waals surface area contributed by atoms with E-state index < -0.39 is 10.0 Å². The number of sulfonamides is 1. The fourth-order valence-corrected chi connectivity index (χ4v) is 5.15. The molecule has 9 heteroatoms. The van der Waals surface area contributed by atoms with Crippen LogP contribution in [-0.2, 0) is 16.4 Å². The molecule has 3 aromatic rings. The molecule has 0 aliphatic heterocycles. The van der Waals surface area contributed by atoms with Crippen LogP contribution in [0.1, 0.15) is 12.5 Å². The predicted octanol–water partition coefficient (Wildman–Crippen LogP) is 4.45. The van der Waals surface area contributed by atoms with Crippen molar-refractivity contribution in [1.82, 2.24) is 5.32 Å². The molecular weight excluding hydrogens is 470 g/mol. The summed E-state index contributed by atoms with van der Waals surface area (Å²) < 4.78 is 38.7. The summed E-state index contributed by atoms with van der Waals surface area (Å²) in [7, 11) is -0.622. The summed E-state index contributed by atoms with van der Waals surface area (Å²) in [6.07, 6.45) is 0.764. The van der Waals surface area contributed by atoms with Gasteiger partial charge in [-0.05, 0) is 73.6 Å². The van der Waals surface area contributed by atoms with Gasteiger partial charge in [0.2, 0.25) is 0 Å². The van der Waals surface area contributed by atoms with Crippen molar-refractivity contribution in [2.75, 3.05) is 36.9 Å². The molecule has 0 saturated carbocycles. The van der Waals surface area contributed by atoms with Gasteiger partial charge in [0.15, 0.2) is 5.11 Å². The number of hydrogen-bond donors (Lipinski definition) is 2. The van der Waals surface area contributed by atoms with Crippen LogP contribution in [0, 0.1) is 0 Å². The highest BCUT2D eigenvalue weighted by Crippen LogP contribution is 2.30. The molecule has 0 spiro atoms. The van der Waals surface area contributed by atoms with E-state index in [4.69, 9.17) is 21.7 Å². The number of ether oxygens (including phenoxy) is 2. The van der Waals surface area contributed by atoms with Gasteiger partial charge in [-0.2, -0.15) is 0 Å². The summed E-state index contributed by atoms with van der Waals surface area (Å²) in [5, 5.41) is 6.59. The van der Waals surface area contributed by atoms with Gasteiger partial charge in [0.05, 0.1) is 30.5 Å². The largest absolute Gasteiger partial charge is 0.497 e. The zero-order valence-electron chi connectivity index (χ0n) is 19.4. The maximum absolute atomic E-state index is 13.4. The van der Waals surface area contributed by atoms with Gasteiger partial charge in [0, 0.05) is 13.1 Å². The van der Waals surface area contributed by atoms with E-state index in [9.17, 15) is 8.42 Å². The van der Waals surface area contributed by atoms with Crippen molar-refractivity contribution in [2.45, 2.75) is 18.2 Å². The second-order valence-electron chi connectivity index (χ2n) is 7.35. The lowest BCUT2D eigenvalue weighted by atomic mass is 10.1.